The van der Waals surface area contributed by atoms with Crippen LogP contribution in [-0.2, 0) is 0 Å². The molecule has 1 aliphatic heterocycles. The van der Waals surface area contributed by atoms with Crippen LogP contribution in [0.15, 0.2) is 0 Å². The highest BCUT2D eigenvalue weighted by molar-refractivity contribution is 4.92. The second-order valence-electron chi connectivity index (χ2n) is 7.16. The van der Waals surface area contributed by atoms with Gasteiger partial charge in [0, 0.05) is 24.7 Å². The van der Waals surface area contributed by atoms with Crippen molar-refractivity contribution in [1.82, 2.24) is 10.2 Å². The van der Waals surface area contributed by atoms with Crippen molar-refractivity contribution in [1.29, 1.82) is 0 Å². The van der Waals surface area contributed by atoms with Crippen LogP contribution in [0.4, 0.5) is 0 Å². The monoisotopic (exact) mass is 264 g/mol. The van der Waals surface area contributed by atoms with Gasteiger partial charge < -0.3 is 5.32 Å². The van der Waals surface area contributed by atoms with Gasteiger partial charge >= 0.3 is 0 Å². The van der Waals surface area contributed by atoms with Crippen LogP contribution in [0.3, 0.4) is 0 Å². The molecule has 3 unspecified atom stereocenters. The quantitative estimate of drug-likeness (QED) is 0.764. The van der Waals surface area contributed by atoms with Gasteiger partial charge in [0.05, 0.1) is 0 Å². The molecule has 0 aromatic carbocycles. The summed E-state index contributed by atoms with van der Waals surface area (Å²) in [5.74, 6) is 1.02. The predicted molar refractivity (Wildman–Crippen MR) is 81.4 cm³/mol. The van der Waals surface area contributed by atoms with E-state index in [1.807, 2.05) is 0 Å². The molecule has 3 fully saturated rings. The molecule has 0 spiro atoms. The van der Waals surface area contributed by atoms with Gasteiger partial charge in [-0.15, -0.1) is 0 Å². The maximum atomic E-state index is 3.70. The van der Waals surface area contributed by atoms with Crippen molar-refractivity contribution in [2.24, 2.45) is 5.92 Å². The zero-order valence-electron chi connectivity index (χ0n) is 12.7. The van der Waals surface area contributed by atoms with E-state index >= 15 is 0 Å². The minimum absolute atomic E-state index is 0.797. The SMILES string of the molecule is CCC1CCCC(N(CC2CCCN2)C2CC2)CC1. The predicted octanol–water partition coefficient (Wildman–Crippen LogP) is 3.56. The number of nitrogens with one attached hydrogen (secondary N) is 1. The van der Waals surface area contributed by atoms with Crippen LogP contribution in [0.1, 0.15) is 71.1 Å². The Kier molecular flexibility index (Phi) is 4.81. The highest BCUT2D eigenvalue weighted by atomic mass is 15.2. The average Bonchev–Trinajstić information content (AvgIpc) is 3.19. The summed E-state index contributed by atoms with van der Waals surface area (Å²) in [5, 5.41) is 3.70. The molecular formula is C17H32N2. The molecule has 110 valence electrons. The van der Waals surface area contributed by atoms with Crippen molar-refractivity contribution in [2.75, 3.05) is 13.1 Å². The molecule has 19 heavy (non-hydrogen) atoms. The van der Waals surface area contributed by atoms with E-state index in [1.54, 1.807) is 0 Å². The lowest BCUT2D eigenvalue weighted by molar-refractivity contribution is 0.153. The highest BCUT2D eigenvalue weighted by Gasteiger charge is 2.36. The molecule has 1 heterocycles. The van der Waals surface area contributed by atoms with Crippen LogP contribution in [0.25, 0.3) is 0 Å². The molecule has 0 radical (unpaired) electrons. The third kappa shape index (κ3) is 3.72. The summed E-state index contributed by atoms with van der Waals surface area (Å²) in [4.78, 5) is 2.92. The number of rotatable bonds is 5. The Morgan fingerprint density at radius 3 is 2.37 bits per heavy atom. The normalized spacial score (nSPS) is 36.6. The summed E-state index contributed by atoms with van der Waals surface area (Å²) >= 11 is 0. The van der Waals surface area contributed by atoms with E-state index in [0.29, 0.717) is 0 Å². The lowest BCUT2D eigenvalue weighted by Gasteiger charge is -2.33. The summed E-state index contributed by atoms with van der Waals surface area (Å²) in [6.07, 6.45) is 14.6. The van der Waals surface area contributed by atoms with Gasteiger partial charge in [-0.3, -0.25) is 4.90 Å². The number of hydrogen-bond donors (Lipinski definition) is 1. The second kappa shape index (κ2) is 6.58. The molecule has 0 aromatic rings. The Labute approximate surface area is 119 Å². The van der Waals surface area contributed by atoms with Crippen LogP contribution in [0.5, 0.6) is 0 Å². The molecule has 2 nitrogen and oxygen atoms in total. The lowest BCUT2D eigenvalue weighted by Crippen LogP contribution is -2.44. The Balaban J connectivity index is 1.56. The van der Waals surface area contributed by atoms with E-state index in [2.05, 4.69) is 17.1 Å². The molecule has 0 bridgehead atoms. The summed E-state index contributed by atoms with van der Waals surface area (Å²) in [6.45, 7) is 4.98. The Morgan fingerprint density at radius 2 is 1.68 bits per heavy atom. The van der Waals surface area contributed by atoms with Crippen molar-refractivity contribution in [3.63, 3.8) is 0 Å². The first-order chi connectivity index (χ1) is 9.36. The third-order valence-electron chi connectivity index (χ3n) is 5.71. The smallest absolute Gasteiger partial charge is 0.0195 e. The van der Waals surface area contributed by atoms with Crippen molar-refractivity contribution in [2.45, 2.75) is 89.3 Å². The van der Waals surface area contributed by atoms with E-state index in [1.165, 1.54) is 77.3 Å². The van der Waals surface area contributed by atoms with Gasteiger partial charge in [-0.2, -0.15) is 0 Å². The van der Waals surface area contributed by atoms with Crippen molar-refractivity contribution >= 4 is 0 Å². The number of hydrogen-bond acceptors (Lipinski definition) is 2. The maximum absolute atomic E-state index is 3.70. The molecule has 3 rings (SSSR count). The van der Waals surface area contributed by atoms with Crippen LogP contribution >= 0.6 is 0 Å². The van der Waals surface area contributed by atoms with Crippen LogP contribution in [0, 0.1) is 5.92 Å². The minimum Gasteiger partial charge on any atom is -0.313 e. The third-order valence-corrected chi connectivity index (χ3v) is 5.71. The van der Waals surface area contributed by atoms with E-state index in [0.717, 1.165) is 24.0 Å². The summed E-state index contributed by atoms with van der Waals surface area (Å²) in [5.41, 5.74) is 0. The van der Waals surface area contributed by atoms with Gasteiger partial charge in [0.2, 0.25) is 0 Å². The molecule has 2 heteroatoms. The lowest BCUT2D eigenvalue weighted by atomic mass is 9.97. The highest BCUT2D eigenvalue weighted by Crippen LogP contribution is 2.35. The second-order valence-corrected chi connectivity index (χ2v) is 7.16. The van der Waals surface area contributed by atoms with Gasteiger partial charge in [0.1, 0.15) is 0 Å². The Bertz CT molecular complexity index is 268. The molecular weight excluding hydrogens is 232 g/mol. The zero-order valence-corrected chi connectivity index (χ0v) is 12.7. The molecule has 0 aromatic heterocycles. The number of nitrogens with zero attached hydrogens (tertiary/aromatic N) is 1. The standard InChI is InChI=1S/C17H32N2/c1-2-14-5-3-7-16(9-8-14)19(17-10-11-17)13-15-6-4-12-18-15/h14-18H,2-13H2,1H3. The van der Waals surface area contributed by atoms with Gasteiger partial charge in [-0.05, 0) is 57.4 Å². The van der Waals surface area contributed by atoms with Gasteiger partial charge in [-0.1, -0.05) is 26.2 Å². The fourth-order valence-corrected chi connectivity index (χ4v) is 4.27. The van der Waals surface area contributed by atoms with Gasteiger partial charge in [-0.25, -0.2) is 0 Å². The first kappa shape index (κ1) is 13.9. The average molecular weight is 264 g/mol. The maximum Gasteiger partial charge on any atom is 0.0195 e. The van der Waals surface area contributed by atoms with E-state index in [9.17, 15) is 0 Å². The molecule has 3 atom stereocenters. The van der Waals surface area contributed by atoms with E-state index < -0.39 is 0 Å². The van der Waals surface area contributed by atoms with Crippen LogP contribution in [0.2, 0.25) is 0 Å². The van der Waals surface area contributed by atoms with Crippen molar-refractivity contribution in [3.8, 4) is 0 Å². The fourth-order valence-electron chi connectivity index (χ4n) is 4.27. The summed E-state index contributed by atoms with van der Waals surface area (Å²) < 4.78 is 0. The molecule has 3 aliphatic rings. The molecule has 2 saturated carbocycles. The summed E-state index contributed by atoms with van der Waals surface area (Å²) in [6, 6.07) is 2.66. The molecule has 2 aliphatic carbocycles. The largest absolute Gasteiger partial charge is 0.313 e. The minimum atomic E-state index is 0.797. The topological polar surface area (TPSA) is 15.3 Å². The van der Waals surface area contributed by atoms with E-state index in [4.69, 9.17) is 0 Å². The molecule has 1 N–H and O–H groups in total. The molecule has 0 amide bonds. The van der Waals surface area contributed by atoms with Gasteiger partial charge in [0.15, 0.2) is 0 Å². The summed E-state index contributed by atoms with van der Waals surface area (Å²) in [7, 11) is 0. The first-order valence-corrected chi connectivity index (χ1v) is 8.86. The first-order valence-electron chi connectivity index (χ1n) is 8.86. The van der Waals surface area contributed by atoms with Crippen molar-refractivity contribution < 1.29 is 0 Å². The fraction of sp³-hybridized carbons (Fsp3) is 1.00. The zero-order chi connectivity index (χ0) is 13.1. The van der Waals surface area contributed by atoms with E-state index in [-0.39, 0.29) is 0 Å². The van der Waals surface area contributed by atoms with Gasteiger partial charge in [0.25, 0.3) is 0 Å². The van der Waals surface area contributed by atoms with Crippen molar-refractivity contribution in [3.05, 3.63) is 0 Å². The Hall–Kier alpha value is -0.0800. The van der Waals surface area contributed by atoms with Crippen LogP contribution in [-0.4, -0.2) is 36.1 Å². The molecule has 1 saturated heterocycles. The van der Waals surface area contributed by atoms with Crippen LogP contribution < -0.4 is 5.32 Å². The Morgan fingerprint density at radius 1 is 0.895 bits per heavy atom.